The number of amides is 1. The minimum atomic E-state index is -0.384. The number of nitrogens with one attached hydrogen (secondary N) is 1. The lowest BCUT2D eigenvalue weighted by Gasteiger charge is -2.06. The first-order chi connectivity index (χ1) is 5.75. The number of ketones is 1. The van der Waals surface area contributed by atoms with E-state index >= 15 is 0 Å². The van der Waals surface area contributed by atoms with Gasteiger partial charge in [-0.05, 0) is 12.8 Å². The molecule has 66 valence electrons. The second-order valence-electron chi connectivity index (χ2n) is 2.94. The molecular formula is C9H13NO2. The fourth-order valence-corrected chi connectivity index (χ4v) is 1.39. The molecule has 1 unspecified atom stereocenters. The van der Waals surface area contributed by atoms with Crippen LogP contribution in [0.2, 0.25) is 0 Å². The minimum absolute atomic E-state index is 0.0802. The zero-order chi connectivity index (χ0) is 8.97. The van der Waals surface area contributed by atoms with E-state index in [1.165, 1.54) is 0 Å². The highest BCUT2D eigenvalue weighted by Gasteiger charge is 2.30. The van der Waals surface area contributed by atoms with E-state index < -0.39 is 0 Å². The van der Waals surface area contributed by atoms with Crippen molar-refractivity contribution < 1.29 is 9.59 Å². The van der Waals surface area contributed by atoms with Crippen LogP contribution < -0.4 is 5.32 Å². The highest BCUT2D eigenvalue weighted by atomic mass is 16.2. The molecule has 0 saturated heterocycles. The van der Waals surface area contributed by atoms with Crippen molar-refractivity contribution in [2.24, 2.45) is 5.92 Å². The average molecular weight is 167 g/mol. The fourth-order valence-electron chi connectivity index (χ4n) is 1.39. The Morgan fingerprint density at radius 2 is 2.50 bits per heavy atom. The Morgan fingerprint density at radius 3 is 3.00 bits per heavy atom. The van der Waals surface area contributed by atoms with Gasteiger partial charge in [0, 0.05) is 13.0 Å². The van der Waals surface area contributed by atoms with Gasteiger partial charge in [0.25, 0.3) is 0 Å². The number of Topliss-reactive ketones (excluding diaryl/α,β-unsaturated/α-hetero) is 1. The van der Waals surface area contributed by atoms with Gasteiger partial charge in [-0.2, -0.15) is 0 Å². The van der Waals surface area contributed by atoms with Crippen molar-refractivity contribution in [3.8, 4) is 0 Å². The summed E-state index contributed by atoms with van der Waals surface area (Å²) in [5.41, 5.74) is 0. The molecule has 0 spiro atoms. The van der Waals surface area contributed by atoms with Crippen LogP contribution in [0.15, 0.2) is 12.7 Å². The van der Waals surface area contributed by atoms with E-state index in [0.29, 0.717) is 19.4 Å². The van der Waals surface area contributed by atoms with Crippen LogP contribution in [0.25, 0.3) is 0 Å². The van der Waals surface area contributed by atoms with Gasteiger partial charge in [0.1, 0.15) is 5.78 Å². The fraction of sp³-hybridized carbons (Fsp3) is 0.556. The maximum absolute atomic E-state index is 11.2. The van der Waals surface area contributed by atoms with Gasteiger partial charge in [-0.25, -0.2) is 0 Å². The predicted molar refractivity (Wildman–Crippen MR) is 45.6 cm³/mol. The molecule has 0 bridgehead atoms. The standard InChI is InChI=1S/C9H13NO2/c1-2-6-10-9(12)7-4-3-5-8(7)11/h2,7H,1,3-6H2,(H,10,12). The molecule has 1 fully saturated rings. The molecule has 1 N–H and O–H groups in total. The van der Waals surface area contributed by atoms with Crippen LogP contribution in [0.5, 0.6) is 0 Å². The summed E-state index contributed by atoms with van der Waals surface area (Å²) in [6, 6.07) is 0. The summed E-state index contributed by atoms with van der Waals surface area (Å²) in [7, 11) is 0. The van der Waals surface area contributed by atoms with Crippen molar-refractivity contribution in [3.05, 3.63) is 12.7 Å². The number of rotatable bonds is 3. The van der Waals surface area contributed by atoms with E-state index in [1.54, 1.807) is 6.08 Å². The average Bonchev–Trinajstić information content (AvgIpc) is 2.47. The van der Waals surface area contributed by atoms with Crippen LogP contribution in [-0.4, -0.2) is 18.2 Å². The summed E-state index contributed by atoms with van der Waals surface area (Å²) in [5.74, 6) is -0.445. The largest absolute Gasteiger partial charge is 0.352 e. The normalized spacial score (nSPS) is 22.3. The van der Waals surface area contributed by atoms with E-state index in [0.717, 1.165) is 6.42 Å². The van der Waals surface area contributed by atoms with Crippen molar-refractivity contribution in [3.63, 3.8) is 0 Å². The van der Waals surface area contributed by atoms with Crippen molar-refractivity contribution in [1.29, 1.82) is 0 Å². The molecule has 0 aromatic heterocycles. The van der Waals surface area contributed by atoms with Crippen molar-refractivity contribution in [1.82, 2.24) is 5.32 Å². The lowest BCUT2D eigenvalue weighted by atomic mass is 10.1. The van der Waals surface area contributed by atoms with Gasteiger partial charge in [0.2, 0.25) is 5.91 Å². The Balaban J connectivity index is 2.40. The molecule has 0 aromatic carbocycles. The van der Waals surface area contributed by atoms with Crippen LogP contribution >= 0.6 is 0 Å². The van der Waals surface area contributed by atoms with Crippen molar-refractivity contribution in [2.45, 2.75) is 19.3 Å². The summed E-state index contributed by atoms with van der Waals surface area (Å²) in [5, 5.41) is 2.63. The highest BCUT2D eigenvalue weighted by Crippen LogP contribution is 2.20. The Morgan fingerprint density at radius 1 is 1.75 bits per heavy atom. The smallest absolute Gasteiger partial charge is 0.230 e. The van der Waals surface area contributed by atoms with Gasteiger partial charge in [-0.15, -0.1) is 6.58 Å². The van der Waals surface area contributed by atoms with Crippen LogP contribution in [0.3, 0.4) is 0 Å². The molecule has 1 saturated carbocycles. The first-order valence-corrected chi connectivity index (χ1v) is 4.17. The van der Waals surface area contributed by atoms with Crippen LogP contribution in [0.1, 0.15) is 19.3 Å². The van der Waals surface area contributed by atoms with Crippen LogP contribution in [0.4, 0.5) is 0 Å². The molecule has 0 aliphatic heterocycles. The molecule has 1 amide bonds. The maximum Gasteiger partial charge on any atom is 0.230 e. The van der Waals surface area contributed by atoms with E-state index in [2.05, 4.69) is 11.9 Å². The third-order valence-corrected chi connectivity index (χ3v) is 2.04. The zero-order valence-corrected chi connectivity index (χ0v) is 7.01. The SMILES string of the molecule is C=CCNC(=O)C1CCCC1=O. The summed E-state index contributed by atoms with van der Waals surface area (Å²) in [4.78, 5) is 22.3. The molecule has 1 rings (SSSR count). The summed E-state index contributed by atoms with van der Waals surface area (Å²) < 4.78 is 0. The zero-order valence-electron chi connectivity index (χ0n) is 7.01. The van der Waals surface area contributed by atoms with Gasteiger partial charge >= 0.3 is 0 Å². The number of hydrogen-bond donors (Lipinski definition) is 1. The van der Waals surface area contributed by atoms with E-state index in [1.807, 2.05) is 0 Å². The van der Waals surface area contributed by atoms with Gasteiger partial charge < -0.3 is 5.32 Å². The molecule has 1 aliphatic carbocycles. The van der Waals surface area contributed by atoms with Gasteiger partial charge in [0.15, 0.2) is 0 Å². The summed E-state index contributed by atoms with van der Waals surface area (Å²) >= 11 is 0. The maximum atomic E-state index is 11.2. The third-order valence-electron chi connectivity index (χ3n) is 2.04. The predicted octanol–water partition coefficient (Wildman–Crippen LogP) is 0.658. The molecule has 12 heavy (non-hydrogen) atoms. The third kappa shape index (κ3) is 1.94. The Labute approximate surface area is 71.8 Å². The Kier molecular flexibility index (Phi) is 3.02. The van der Waals surface area contributed by atoms with Crippen LogP contribution in [0, 0.1) is 5.92 Å². The van der Waals surface area contributed by atoms with Crippen LogP contribution in [-0.2, 0) is 9.59 Å². The molecule has 1 aliphatic rings. The van der Waals surface area contributed by atoms with Gasteiger partial charge in [-0.3, -0.25) is 9.59 Å². The lowest BCUT2D eigenvalue weighted by molar-refractivity contribution is -0.132. The minimum Gasteiger partial charge on any atom is -0.352 e. The number of carbonyl (C=O) groups excluding carboxylic acids is 2. The van der Waals surface area contributed by atoms with Crippen molar-refractivity contribution in [2.75, 3.05) is 6.54 Å². The summed E-state index contributed by atoms with van der Waals surface area (Å²) in [6.45, 7) is 3.93. The first kappa shape index (κ1) is 8.97. The number of hydrogen-bond acceptors (Lipinski definition) is 2. The highest BCUT2D eigenvalue weighted by molar-refractivity contribution is 6.02. The van der Waals surface area contributed by atoms with E-state index in [9.17, 15) is 9.59 Å². The molecule has 1 atom stereocenters. The number of carbonyl (C=O) groups is 2. The molecule has 3 heteroatoms. The Bertz CT molecular complexity index is 211. The topological polar surface area (TPSA) is 46.2 Å². The first-order valence-electron chi connectivity index (χ1n) is 4.17. The second-order valence-corrected chi connectivity index (χ2v) is 2.94. The van der Waals surface area contributed by atoms with E-state index in [4.69, 9.17) is 0 Å². The lowest BCUT2D eigenvalue weighted by Crippen LogP contribution is -2.32. The second kappa shape index (κ2) is 4.04. The summed E-state index contributed by atoms with van der Waals surface area (Å²) in [6.07, 6.45) is 3.73. The molecule has 0 heterocycles. The molecule has 0 radical (unpaired) electrons. The van der Waals surface area contributed by atoms with E-state index in [-0.39, 0.29) is 17.6 Å². The monoisotopic (exact) mass is 167 g/mol. The molecular weight excluding hydrogens is 154 g/mol. The molecule has 0 aromatic rings. The molecule has 3 nitrogen and oxygen atoms in total. The quantitative estimate of drug-likeness (QED) is 0.495. The van der Waals surface area contributed by atoms with Gasteiger partial charge in [0.05, 0.1) is 5.92 Å². The van der Waals surface area contributed by atoms with Gasteiger partial charge in [-0.1, -0.05) is 6.08 Å². The van der Waals surface area contributed by atoms with Crippen molar-refractivity contribution >= 4 is 11.7 Å². The Hall–Kier alpha value is -1.12.